The molecule has 1 saturated heterocycles. The quantitative estimate of drug-likeness (QED) is 0.654. The summed E-state index contributed by atoms with van der Waals surface area (Å²) in [6.45, 7) is 2.82. The van der Waals surface area contributed by atoms with Gasteiger partial charge in [-0.25, -0.2) is 0 Å². The molecule has 0 aromatic heterocycles. The zero-order valence-corrected chi connectivity index (χ0v) is 16.8. The first-order chi connectivity index (χ1) is 13.3. The van der Waals surface area contributed by atoms with Crippen molar-refractivity contribution in [2.45, 2.75) is 20.5 Å². The van der Waals surface area contributed by atoms with E-state index in [9.17, 15) is 22.0 Å². The predicted octanol–water partition coefficient (Wildman–Crippen LogP) is 1.43. The molecule has 1 aliphatic heterocycles. The highest BCUT2D eigenvalue weighted by Gasteiger charge is 2.31. The van der Waals surface area contributed by atoms with Crippen molar-refractivity contribution in [3.63, 3.8) is 0 Å². The number of carbonyl (C=O) groups is 1. The lowest BCUT2D eigenvalue weighted by atomic mass is 10.3. The van der Waals surface area contributed by atoms with Crippen LogP contribution in [0.5, 0.6) is 5.75 Å². The average molecular weight is 420 g/mol. The van der Waals surface area contributed by atoms with Crippen molar-refractivity contribution in [2.24, 2.45) is 0 Å². The van der Waals surface area contributed by atoms with E-state index >= 15 is 0 Å². The van der Waals surface area contributed by atoms with Crippen LogP contribution in [0.1, 0.15) is 13.8 Å². The van der Waals surface area contributed by atoms with Crippen molar-refractivity contribution in [2.75, 3.05) is 51.1 Å². The summed E-state index contributed by atoms with van der Waals surface area (Å²) in [4.78, 5) is 14.1. The van der Waals surface area contributed by atoms with Crippen LogP contribution in [-0.2, 0) is 15.0 Å². The summed E-state index contributed by atoms with van der Waals surface area (Å²) >= 11 is 0. The molecule has 8 nitrogen and oxygen atoms in total. The van der Waals surface area contributed by atoms with Crippen LogP contribution in [0, 0.1) is 0 Å². The number of halogens is 2. The van der Waals surface area contributed by atoms with Gasteiger partial charge in [0.05, 0.1) is 12.2 Å². The number of carbonyl (C=O) groups excluding carboxylic acids is 1. The molecule has 0 aliphatic carbocycles. The van der Waals surface area contributed by atoms with Crippen LogP contribution in [0.3, 0.4) is 0 Å². The van der Waals surface area contributed by atoms with Crippen molar-refractivity contribution in [1.29, 1.82) is 0 Å². The van der Waals surface area contributed by atoms with Crippen LogP contribution >= 0.6 is 0 Å². The summed E-state index contributed by atoms with van der Waals surface area (Å²) in [7, 11) is -3.49. The molecule has 1 aliphatic rings. The van der Waals surface area contributed by atoms with E-state index in [2.05, 4.69) is 10.1 Å². The Balaban J connectivity index is 1.89. The van der Waals surface area contributed by atoms with E-state index in [-0.39, 0.29) is 37.0 Å². The number of amides is 1. The molecule has 1 fully saturated rings. The first kappa shape index (κ1) is 22.5. The minimum Gasteiger partial charge on any atom is -0.433 e. The number of alkyl halides is 2. The summed E-state index contributed by atoms with van der Waals surface area (Å²) in [5.74, 6) is -0.494. The molecular weight excluding hydrogens is 394 g/mol. The smallest absolute Gasteiger partial charge is 0.387 e. The van der Waals surface area contributed by atoms with Crippen LogP contribution < -0.4 is 10.1 Å². The van der Waals surface area contributed by atoms with Gasteiger partial charge >= 0.3 is 6.61 Å². The third kappa shape index (κ3) is 5.84. The number of para-hydroxylation sites is 2. The second-order valence-electron chi connectivity index (χ2n) is 6.19. The lowest BCUT2D eigenvalue weighted by Crippen LogP contribution is -2.54. The van der Waals surface area contributed by atoms with Gasteiger partial charge in [0.1, 0.15) is 5.75 Å². The standard InChI is InChI=1S/C17H26F2N4O4S/c1-3-22(4-2)28(25,26)23-11-9-21(10-12-23)13-16(24)20-14-7-5-6-8-15(14)27-17(18)19/h5-8,17H,3-4,9-13H2,1-2H3,(H,20,24). The van der Waals surface area contributed by atoms with E-state index in [0.29, 0.717) is 26.2 Å². The Labute approximate surface area is 164 Å². The normalized spacial score (nSPS) is 16.5. The molecule has 0 atom stereocenters. The van der Waals surface area contributed by atoms with Crippen LogP contribution in [0.15, 0.2) is 24.3 Å². The minimum atomic E-state index is -3.49. The fourth-order valence-electron chi connectivity index (χ4n) is 2.99. The lowest BCUT2D eigenvalue weighted by molar-refractivity contribution is -0.117. The summed E-state index contributed by atoms with van der Waals surface area (Å²) in [5.41, 5.74) is 0.163. The molecule has 1 heterocycles. The van der Waals surface area contributed by atoms with E-state index in [1.165, 1.54) is 26.8 Å². The van der Waals surface area contributed by atoms with Gasteiger partial charge < -0.3 is 10.1 Å². The first-order valence-corrected chi connectivity index (χ1v) is 10.5. The van der Waals surface area contributed by atoms with Gasteiger partial charge in [0, 0.05) is 39.3 Å². The molecule has 1 aromatic rings. The Hall–Kier alpha value is -1.82. The van der Waals surface area contributed by atoms with Crippen molar-refractivity contribution in [3.8, 4) is 5.75 Å². The number of hydrogen-bond acceptors (Lipinski definition) is 5. The molecule has 158 valence electrons. The zero-order chi connectivity index (χ0) is 20.7. The predicted molar refractivity (Wildman–Crippen MR) is 102 cm³/mol. The maximum absolute atomic E-state index is 12.5. The zero-order valence-electron chi connectivity index (χ0n) is 16.0. The largest absolute Gasteiger partial charge is 0.433 e. The average Bonchev–Trinajstić information content (AvgIpc) is 2.64. The second kappa shape index (κ2) is 10.1. The Bertz CT molecular complexity index is 751. The molecule has 0 unspecified atom stereocenters. The minimum absolute atomic E-state index is 0.0299. The van der Waals surface area contributed by atoms with Gasteiger partial charge in [-0.1, -0.05) is 26.0 Å². The fourth-order valence-corrected chi connectivity index (χ4v) is 4.60. The first-order valence-electron chi connectivity index (χ1n) is 9.09. The van der Waals surface area contributed by atoms with Crippen molar-refractivity contribution < 1.29 is 26.7 Å². The number of ether oxygens (including phenoxy) is 1. The van der Waals surface area contributed by atoms with Crippen molar-refractivity contribution in [1.82, 2.24) is 13.5 Å². The maximum Gasteiger partial charge on any atom is 0.387 e. The van der Waals surface area contributed by atoms with Gasteiger partial charge in [-0.15, -0.1) is 0 Å². The number of anilines is 1. The Morgan fingerprint density at radius 3 is 2.36 bits per heavy atom. The van der Waals surface area contributed by atoms with Gasteiger partial charge in [0.25, 0.3) is 10.2 Å². The van der Waals surface area contributed by atoms with Gasteiger partial charge in [0.15, 0.2) is 0 Å². The highest BCUT2D eigenvalue weighted by Crippen LogP contribution is 2.25. The Morgan fingerprint density at radius 1 is 1.18 bits per heavy atom. The highest BCUT2D eigenvalue weighted by molar-refractivity contribution is 7.86. The van der Waals surface area contributed by atoms with Crippen LogP contribution in [0.25, 0.3) is 0 Å². The molecular formula is C17H26F2N4O4S. The second-order valence-corrected chi connectivity index (χ2v) is 8.12. The van der Waals surface area contributed by atoms with E-state index in [4.69, 9.17) is 0 Å². The molecule has 0 bridgehead atoms. The van der Waals surface area contributed by atoms with Gasteiger partial charge in [0.2, 0.25) is 5.91 Å². The number of hydrogen-bond donors (Lipinski definition) is 1. The van der Waals surface area contributed by atoms with E-state index < -0.39 is 16.8 Å². The number of piperazine rings is 1. The molecule has 1 N–H and O–H groups in total. The Morgan fingerprint density at radius 2 is 1.79 bits per heavy atom. The summed E-state index contributed by atoms with van der Waals surface area (Å²) in [6, 6.07) is 5.95. The van der Waals surface area contributed by atoms with Gasteiger partial charge in [-0.2, -0.15) is 25.8 Å². The molecule has 2 rings (SSSR count). The molecule has 0 radical (unpaired) electrons. The van der Waals surface area contributed by atoms with Gasteiger partial charge in [-0.3, -0.25) is 9.69 Å². The highest BCUT2D eigenvalue weighted by atomic mass is 32.2. The van der Waals surface area contributed by atoms with Crippen molar-refractivity contribution in [3.05, 3.63) is 24.3 Å². The molecule has 1 aromatic carbocycles. The molecule has 28 heavy (non-hydrogen) atoms. The summed E-state index contributed by atoms with van der Waals surface area (Å²) in [5, 5.41) is 2.56. The molecule has 1 amide bonds. The third-order valence-electron chi connectivity index (χ3n) is 4.43. The van der Waals surface area contributed by atoms with Gasteiger partial charge in [-0.05, 0) is 12.1 Å². The molecule has 0 saturated carbocycles. The third-order valence-corrected chi connectivity index (χ3v) is 6.62. The van der Waals surface area contributed by atoms with E-state index in [1.54, 1.807) is 19.9 Å². The van der Waals surface area contributed by atoms with Crippen LogP contribution in [0.4, 0.5) is 14.5 Å². The summed E-state index contributed by atoms with van der Waals surface area (Å²) in [6.07, 6.45) is 0. The van der Waals surface area contributed by atoms with Crippen LogP contribution in [-0.4, -0.2) is 80.3 Å². The molecule has 0 spiro atoms. The number of nitrogens with zero attached hydrogens (tertiary/aromatic N) is 3. The monoisotopic (exact) mass is 420 g/mol. The summed E-state index contributed by atoms with van der Waals surface area (Å²) < 4.78 is 57.2. The number of rotatable bonds is 9. The van der Waals surface area contributed by atoms with E-state index in [1.807, 2.05) is 4.90 Å². The number of benzene rings is 1. The van der Waals surface area contributed by atoms with Crippen LogP contribution in [0.2, 0.25) is 0 Å². The lowest BCUT2D eigenvalue weighted by Gasteiger charge is -2.35. The molecule has 11 heteroatoms. The SMILES string of the molecule is CCN(CC)S(=O)(=O)N1CCN(CC(=O)Nc2ccccc2OC(F)F)CC1. The topological polar surface area (TPSA) is 82.2 Å². The van der Waals surface area contributed by atoms with E-state index in [0.717, 1.165) is 0 Å². The number of nitrogens with one attached hydrogen (secondary N) is 1. The van der Waals surface area contributed by atoms with Crippen molar-refractivity contribution >= 4 is 21.8 Å². The fraction of sp³-hybridized carbons (Fsp3) is 0.588. The maximum atomic E-state index is 12.5. The Kier molecular flexibility index (Phi) is 8.10.